The van der Waals surface area contributed by atoms with Crippen LogP contribution in [0.25, 0.3) is 10.8 Å². The highest BCUT2D eigenvalue weighted by Gasteiger charge is 2.53. The third kappa shape index (κ3) is 2.30. The quantitative estimate of drug-likeness (QED) is 0.645. The average molecular weight is 329 g/mol. The van der Waals surface area contributed by atoms with Crippen LogP contribution in [0.15, 0.2) is 42.5 Å². The summed E-state index contributed by atoms with van der Waals surface area (Å²) in [7, 11) is 0. The minimum absolute atomic E-state index is 0.678. The van der Waals surface area contributed by atoms with Crippen molar-refractivity contribution in [3.63, 3.8) is 0 Å². The zero-order valence-electron chi connectivity index (χ0n) is 11.8. The molecule has 2 saturated carbocycles. The predicted octanol–water partition coefficient (Wildman–Crippen LogP) is 5.58. The Kier molecular flexibility index (Phi) is 3.34. The van der Waals surface area contributed by atoms with Crippen molar-refractivity contribution < 1.29 is 0 Å². The van der Waals surface area contributed by atoms with Crippen LogP contribution in [-0.4, -0.2) is 4.83 Å². The van der Waals surface area contributed by atoms with Gasteiger partial charge in [-0.2, -0.15) is 0 Å². The molecule has 0 radical (unpaired) electrons. The van der Waals surface area contributed by atoms with E-state index in [-0.39, 0.29) is 0 Å². The standard InChI is InChI=1S/C19H21Br/c20-18(19-16-7-3-4-8-17(16)19)12-13-9-10-14-5-1-2-6-15(14)11-13/h1-2,5-6,9-11,16-19H,3-4,7-8,12H2. The largest absolute Gasteiger partial charge is 0.0884 e. The lowest BCUT2D eigenvalue weighted by atomic mass is 10.0. The second kappa shape index (κ2) is 5.18. The zero-order valence-corrected chi connectivity index (χ0v) is 13.4. The van der Waals surface area contributed by atoms with E-state index in [0.29, 0.717) is 4.83 Å². The Balaban J connectivity index is 1.50. The summed E-state index contributed by atoms with van der Waals surface area (Å²) in [5.41, 5.74) is 1.48. The molecule has 0 aromatic heterocycles. The topological polar surface area (TPSA) is 0 Å². The lowest BCUT2D eigenvalue weighted by Crippen LogP contribution is -2.07. The number of fused-ring (bicyclic) bond motifs is 2. The summed E-state index contributed by atoms with van der Waals surface area (Å²) in [5, 5.41) is 2.72. The Hall–Kier alpha value is -0.820. The lowest BCUT2D eigenvalue weighted by Gasteiger charge is -2.10. The van der Waals surface area contributed by atoms with Crippen molar-refractivity contribution in [2.24, 2.45) is 17.8 Å². The molecule has 2 aliphatic rings. The molecule has 20 heavy (non-hydrogen) atoms. The van der Waals surface area contributed by atoms with Gasteiger partial charge in [0.25, 0.3) is 0 Å². The first kappa shape index (κ1) is 12.9. The van der Waals surface area contributed by atoms with Crippen LogP contribution in [0.4, 0.5) is 0 Å². The molecule has 0 aliphatic heterocycles. The molecule has 0 N–H and O–H groups in total. The van der Waals surface area contributed by atoms with E-state index in [1.165, 1.54) is 48.4 Å². The Morgan fingerprint density at radius 2 is 1.65 bits per heavy atom. The van der Waals surface area contributed by atoms with Gasteiger partial charge in [0.05, 0.1) is 0 Å². The van der Waals surface area contributed by atoms with Crippen LogP contribution < -0.4 is 0 Å². The maximum absolute atomic E-state index is 4.00. The van der Waals surface area contributed by atoms with Crippen molar-refractivity contribution in [1.29, 1.82) is 0 Å². The van der Waals surface area contributed by atoms with Crippen LogP contribution >= 0.6 is 15.9 Å². The van der Waals surface area contributed by atoms with E-state index in [1.807, 2.05) is 0 Å². The van der Waals surface area contributed by atoms with Crippen LogP contribution in [0.1, 0.15) is 31.2 Å². The molecule has 3 atom stereocenters. The third-order valence-corrected chi connectivity index (χ3v) is 6.32. The number of halogens is 1. The summed E-state index contributed by atoms with van der Waals surface area (Å²) >= 11 is 4.00. The molecular formula is C19H21Br. The van der Waals surface area contributed by atoms with Crippen molar-refractivity contribution in [1.82, 2.24) is 0 Å². The second-order valence-corrected chi connectivity index (χ2v) is 7.77. The Morgan fingerprint density at radius 1 is 0.950 bits per heavy atom. The molecule has 0 saturated heterocycles. The fourth-order valence-corrected chi connectivity index (χ4v) is 5.47. The van der Waals surface area contributed by atoms with Crippen molar-refractivity contribution >= 4 is 26.7 Å². The first-order chi connectivity index (χ1) is 9.83. The van der Waals surface area contributed by atoms with Gasteiger partial charge < -0.3 is 0 Å². The van der Waals surface area contributed by atoms with Gasteiger partial charge >= 0.3 is 0 Å². The number of alkyl halides is 1. The maximum Gasteiger partial charge on any atom is 0.0219 e. The van der Waals surface area contributed by atoms with E-state index in [4.69, 9.17) is 0 Å². The van der Waals surface area contributed by atoms with Crippen molar-refractivity contribution in [2.75, 3.05) is 0 Å². The van der Waals surface area contributed by atoms with Crippen LogP contribution in [0.2, 0.25) is 0 Å². The van der Waals surface area contributed by atoms with E-state index in [2.05, 4.69) is 58.4 Å². The molecule has 2 fully saturated rings. The molecule has 2 aliphatic carbocycles. The van der Waals surface area contributed by atoms with E-state index >= 15 is 0 Å². The molecule has 0 spiro atoms. The van der Waals surface area contributed by atoms with Gasteiger partial charge in [0.1, 0.15) is 0 Å². The van der Waals surface area contributed by atoms with Crippen molar-refractivity contribution in [3.8, 4) is 0 Å². The Labute approximate surface area is 129 Å². The van der Waals surface area contributed by atoms with Gasteiger partial charge in [-0.1, -0.05) is 71.2 Å². The van der Waals surface area contributed by atoms with Gasteiger partial charge in [0.2, 0.25) is 0 Å². The lowest BCUT2D eigenvalue weighted by molar-refractivity contribution is 0.480. The second-order valence-electron chi connectivity index (χ2n) is 6.59. The molecule has 2 aromatic carbocycles. The highest BCUT2D eigenvalue weighted by atomic mass is 79.9. The minimum Gasteiger partial charge on any atom is -0.0884 e. The Bertz CT molecular complexity index is 606. The van der Waals surface area contributed by atoms with Crippen LogP contribution in [0.5, 0.6) is 0 Å². The van der Waals surface area contributed by atoms with Gasteiger partial charge in [-0.05, 0) is 53.4 Å². The first-order valence-electron chi connectivity index (χ1n) is 7.95. The van der Waals surface area contributed by atoms with Crippen molar-refractivity contribution in [2.45, 2.75) is 36.9 Å². The normalized spacial score (nSPS) is 29.9. The molecule has 104 valence electrons. The van der Waals surface area contributed by atoms with E-state index < -0.39 is 0 Å². The summed E-state index contributed by atoms with van der Waals surface area (Å²) in [6, 6.07) is 15.6. The molecule has 0 heterocycles. The summed E-state index contributed by atoms with van der Waals surface area (Å²) in [5.74, 6) is 3.02. The van der Waals surface area contributed by atoms with E-state index in [9.17, 15) is 0 Å². The smallest absolute Gasteiger partial charge is 0.0219 e. The number of benzene rings is 2. The number of hydrogen-bond donors (Lipinski definition) is 0. The van der Waals surface area contributed by atoms with Gasteiger partial charge in [-0.3, -0.25) is 0 Å². The van der Waals surface area contributed by atoms with Crippen LogP contribution in [-0.2, 0) is 6.42 Å². The van der Waals surface area contributed by atoms with Crippen LogP contribution in [0.3, 0.4) is 0 Å². The van der Waals surface area contributed by atoms with Gasteiger partial charge in [0, 0.05) is 4.83 Å². The number of rotatable bonds is 3. The summed E-state index contributed by atoms with van der Waals surface area (Å²) < 4.78 is 0. The fraction of sp³-hybridized carbons (Fsp3) is 0.474. The van der Waals surface area contributed by atoms with Gasteiger partial charge in [0.15, 0.2) is 0 Å². The molecule has 0 nitrogen and oxygen atoms in total. The average Bonchev–Trinajstić information content (AvgIpc) is 3.21. The highest BCUT2D eigenvalue weighted by Crippen LogP contribution is 2.58. The summed E-state index contributed by atoms with van der Waals surface area (Å²) in [6.45, 7) is 0. The molecule has 1 heteroatoms. The first-order valence-corrected chi connectivity index (χ1v) is 8.86. The van der Waals surface area contributed by atoms with Gasteiger partial charge in [-0.15, -0.1) is 0 Å². The molecule has 4 rings (SSSR count). The monoisotopic (exact) mass is 328 g/mol. The van der Waals surface area contributed by atoms with Crippen molar-refractivity contribution in [3.05, 3.63) is 48.0 Å². The SMILES string of the molecule is BrC(Cc1ccc2ccccc2c1)C1C2CCCCC21. The molecule has 3 unspecified atom stereocenters. The predicted molar refractivity (Wildman–Crippen MR) is 89.3 cm³/mol. The Morgan fingerprint density at radius 3 is 2.40 bits per heavy atom. The molecule has 0 bridgehead atoms. The zero-order chi connectivity index (χ0) is 13.5. The third-order valence-electron chi connectivity index (χ3n) is 5.38. The van der Waals surface area contributed by atoms with E-state index in [0.717, 1.165) is 17.8 Å². The fourth-order valence-electron chi connectivity index (χ4n) is 4.31. The molecule has 0 amide bonds. The summed E-state index contributed by atoms with van der Waals surface area (Å²) in [6.07, 6.45) is 7.08. The maximum atomic E-state index is 4.00. The van der Waals surface area contributed by atoms with Gasteiger partial charge in [-0.25, -0.2) is 0 Å². The molecular weight excluding hydrogens is 308 g/mol. The number of hydrogen-bond acceptors (Lipinski definition) is 0. The molecule has 2 aromatic rings. The van der Waals surface area contributed by atoms with E-state index in [1.54, 1.807) is 0 Å². The minimum atomic E-state index is 0.678. The summed E-state index contributed by atoms with van der Waals surface area (Å²) in [4.78, 5) is 0.678. The highest BCUT2D eigenvalue weighted by molar-refractivity contribution is 9.09. The van der Waals surface area contributed by atoms with Crippen LogP contribution in [0, 0.1) is 17.8 Å².